The zero-order chi connectivity index (χ0) is 15.4. The van der Waals surface area contributed by atoms with E-state index in [2.05, 4.69) is 15.3 Å². The van der Waals surface area contributed by atoms with Gasteiger partial charge >= 0.3 is 0 Å². The van der Waals surface area contributed by atoms with E-state index in [1.165, 1.54) is 13.0 Å². The van der Waals surface area contributed by atoms with Crippen molar-refractivity contribution in [1.82, 2.24) is 9.97 Å². The largest absolute Gasteiger partial charge is 0.319 e. The number of hydrogen-bond acceptors (Lipinski definition) is 4. The van der Waals surface area contributed by atoms with E-state index in [1.54, 1.807) is 18.2 Å². The summed E-state index contributed by atoms with van der Waals surface area (Å²) < 4.78 is 25.3. The van der Waals surface area contributed by atoms with Crippen LogP contribution >= 0.6 is 0 Å². The molecule has 1 aromatic carbocycles. The van der Waals surface area contributed by atoms with Crippen LogP contribution in [0.5, 0.6) is 0 Å². The molecule has 0 atom stereocenters. The molecule has 2 aromatic rings. The molecule has 5 nitrogen and oxygen atoms in total. The van der Waals surface area contributed by atoms with Gasteiger partial charge in [-0.05, 0) is 25.1 Å². The van der Waals surface area contributed by atoms with Gasteiger partial charge in [0.25, 0.3) is 12.3 Å². The number of amides is 1. The number of carbonyl (C=O) groups excluding carboxylic acids is 1. The average Bonchev–Trinajstić information content (AvgIpc) is 2.47. The van der Waals surface area contributed by atoms with Crippen LogP contribution in [0.15, 0.2) is 30.3 Å². The molecule has 0 aliphatic carbocycles. The van der Waals surface area contributed by atoms with E-state index in [1.807, 2.05) is 6.07 Å². The summed E-state index contributed by atoms with van der Waals surface area (Å²) in [6, 6.07) is 9.23. The van der Waals surface area contributed by atoms with Crippen molar-refractivity contribution < 1.29 is 13.6 Å². The number of carbonyl (C=O) groups is 1. The van der Waals surface area contributed by atoms with Crippen molar-refractivity contribution in [3.63, 3.8) is 0 Å². The summed E-state index contributed by atoms with van der Waals surface area (Å²) in [5, 5.41) is 11.4. The Hall–Kier alpha value is -2.88. The van der Waals surface area contributed by atoms with Crippen molar-refractivity contribution in [3.8, 4) is 6.07 Å². The fourth-order valence-corrected chi connectivity index (χ4v) is 1.69. The van der Waals surface area contributed by atoms with Gasteiger partial charge < -0.3 is 5.32 Å². The Morgan fingerprint density at radius 3 is 2.71 bits per heavy atom. The first-order chi connectivity index (χ1) is 10.0. The summed E-state index contributed by atoms with van der Waals surface area (Å²) in [5.74, 6) is -0.600. The lowest BCUT2D eigenvalue weighted by molar-refractivity contribution is 0.102. The molecule has 1 amide bonds. The van der Waals surface area contributed by atoms with Crippen LogP contribution in [0.1, 0.15) is 34.0 Å². The van der Waals surface area contributed by atoms with Gasteiger partial charge in [0.1, 0.15) is 23.3 Å². The molecular formula is C14H10F2N4O. The molecule has 7 heteroatoms. The molecule has 0 radical (unpaired) electrons. The second kappa shape index (κ2) is 6.05. The minimum atomic E-state index is -2.79. The van der Waals surface area contributed by atoms with Crippen molar-refractivity contribution in [2.24, 2.45) is 0 Å². The Kier molecular flexibility index (Phi) is 4.18. The number of nitrogens with zero attached hydrogens (tertiary/aromatic N) is 3. The maximum absolute atomic E-state index is 12.7. The molecule has 0 unspecified atom stereocenters. The highest BCUT2D eigenvalue weighted by Gasteiger charge is 2.16. The molecule has 1 heterocycles. The second-order valence-electron chi connectivity index (χ2n) is 4.14. The quantitative estimate of drug-likeness (QED) is 0.941. The molecule has 1 N–H and O–H groups in total. The number of hydrogen-bond donors (Lipinski definition) is 1. The number of halogens is 2. The highest BCUT2D eigenvalue weighted by molar-refractivity contribution is 6.03. The monoisotopic (exact) mass is 288 g/mol. The van der Waals surface area contributed by atoms with E-state index in [0.29, 0.717) is 5.69 Å². The highest BCUT2D eigenvalue weighted by atomic mass is 19.3. The Morgan fingerprint density at radius 2 is 2.05 bits per heavy atom. The zero-order valence-corrected chi connectivity index (χ0v) is 11.0. The van der Waals surface area contributed by atoms with Gasteiger partial charge in [0.15, 0.2) is 0 Å². The van der Waals surface area contributed by atoms with Crippen LogP contribution < -0.4 is 5.32 Å². The van der Waals surface area contributed by atoms with E-state index in [9.17, 15) is 13.6 Å². The van der Waals surface area contributed by atoms with Gasteiger partial charge in [-0.3, -0.25) is 4.79 Å². The third-order valence-electron chi connectivity index (χ3n) is 2.61. The summed E-state index contributed by atoms with van der Waals surface area (Å²) in [5.41, 5.74) is -0.127. The van der Waals surface area contributed by atoms with Crippen LogP contribution in [0.4, 0.5) is 14.5 Å². The van der Waals surface area contributed by atoms with Crippen LogP contribution in [0, 0.1) is 18.3 Å². The molecule has 21 heavy (non-hydrogen) atoms. The summed E-state index contributed by atoms with van der Waals surface area (Å²) >= 11 is 0. The predicted molar refractivity (Wildman–Crippen MR) is 70.8 cm³/mol. The first-order valence-electron chi connectivity index (χ1n) is 5.95. The molecule has 0 aliphatic heterocycles. The van der Waals surface area contributed by atoms with Gasteiger partial charge in [0.2, 0.25) is 0 Å². The lowest BCUT2D eigenvalue weighted by atomic mass is 10.2. The van der Waals surface area contributed by atoms with Crippen LogP contribution in [0.2, 0.25) is 0 Å². The SMILES string of the molecule is Cc1nc(C(=O)Nc2ccccc2C#N)cc(C(F)F)n1. The van der Waals surface area contributed by atoms with Gasteiger partial charge in [0, 0.05) is 0 Å². The summed E-state index contributed by atoms with van der Waals surface area (Å²) in [6.07, 6.45) is -2.79. The van der Waals surface area contributed by atoms with Crippen molar-refractivity contribution in [2.45, 2.75) is 13.3 Å². The molecule has 1 aromatic heterocycles. The predicted octanol–water partition coefficient (Wildman–Crippen LogP) is 2.85. The number of para-hydroxylation sites is 1. The Labute approximate surface area is 119 Å². The first-order valence-corrected chi connectivity index (χ1v) is 5.95. The van der Waals surface area contributed by atoms with Gasteiger partial charge in [-0.25, -0.2) is 18.7 Å². The average molecular weight is 288 g/mol. The second-order valence-corrected chi connectivity index (χ2v) is 4.14. The van der Waals surface area contributed by atoms with Gasteiger partial charge in [-0.2, -0.15) is 5.26 Å². The van der Waals surface area contributed by atoms with Gasteiger partial charge in [-0.15, -0.1) is 0 Å². The number of aromatic nitrogens is 2. The van der Waals surface area contributed by atoms with Crippen molar-refractivity contribution in [1.29, 1.82) is 5.26 Å². The van der Waals surface area contributed by atoms with E-state index >= 15 is 0 Å². The molecule has 2 rings (SSSR count). The Bertz CT molecular complexity index is 725. The Morgan fingerprint density at radius 1 is 1.33 bits per heavy atom. The number of aryl methyl sites for hydroxylation is 1. The summed E-state index contributed by atoms with van der Waals surface area (Å²) in [4.78, 5) is 19.4. The lowest BCUT2D eigenvalue weighted by Gasteiger charge is -2.08. The molecule has 106 valence electrons. The number of rotatable bonds is 3. The van der Waals surface area contributed by atoms with Crippen LogP contribution in [-0.2, 0) is 0 Å². The van der Waals surface area contributed by atoms with Crippen LogP contribution in [-0.4, -0.2) is 15.9 Å². The number of nitriles is 1. The Balaban J connectivity index is 2.31. The number of nitrogens with one attached hydrogen (secondary N) is 1. The molecule has 0 spiro atoms. The van der Waals surface area contributed by atoms with Gasteiger partial charge in [-0.1, -0.05) is 12.1 Å². The third-order valence-corrected chi connectivity index (χ3v) is 2.61. The first kappa shape index (κ1) is 14.5. The van der Waals surface area contributed by atoms with Crippen molar-refractivity contribution >= 4 is 11.6 Å². The number of alkyl halides is 2. The molecule has 0 saturated carbocycles. The topological polar surface area (TPSA) is 78.7 Å². The smallest absolute Gasteiger partial charge is 0.280 e. The van der Waals surface area contributed by atoms with E-state index in [4.69, 9.17) is 5.26 Å². The number of benzene rings is 1. The van der Waals surface area contributed by atoms with Crippen molar-refractivity contribution in [3.05, 3.63) is 53.1 Å². The fourth-order valence-electron chi connectivity index (χ4n) is 1.69. The fraction of sp³-hybridized carbons (Fsp3) is 0.143. The van der Waals surface area contributed by atoms with Crippen LogP contribution in [0.3, 0.4) is 0 Å². The van der Waals surface area contributed by atoms with Gasteiger partial charge in [0.05, 0.1) is 11.3 Å². The summed E-state index contributed by atoms with van der Waals surface area (Å²) in [6.45, 7) is 1.42. The minimum absolute atomic E-state index is 0.0755. The molecule has 0 aliphatic rings. The molecule has 0 saturated heterocycles. The third kappa shape index (κ3) is 3.36. The van der Waals surface area contributed by atoms with E-state index < -0.39 is 18.0 Å². The molecular weight excluding hydrogens is 278 g/mol. The zero-order valence-electron chi connectivity index (χ0n) is 11.0. The van der Waals surface area contributed by atoms with E-state index in [-0.39, 0.29) is 17.1 Å². The maximum Gasteiger partial charge on any atom is 0.280 e. The van der Waals surface area contributed by atoms with Crippen LogP contribution in [0.25, 0.3) is 0 Å². The maximum atomic E-state index is 12.7. The van der Waals surface area contributed by atoms with Crippen molar-refractivity contribution in [2.75, 3.05) is 5.32 Å². The lowest BCUT2D eigenvalue weighted by Crippen LogP contribution is -2.16. The van der Waals surface area contributed by atoms with E-state index in [0.717, 1.165) is 6.07 Å². The highest BCUT2D eigenvalue weighted by Crippen LogP contribution is 2.18. The molecule has 0 fully saturated rings. The molecule has 0 bridgehead atoms. The normalized spacial score (nSPS) is 10.2. The number of anilines is 1. The minimum Gasteiger partial charge on any atom is -0.319 e. The summed E-state index contributed by atoms with van der Waals surface area (Å²) in [7, 11) is 0. The standard InChI is InChI=1S/C14H10F2N4O/c1-8-18-11(13(15)16)6-12(19-8)14(21)20-10-5-3-2-4-9(10)7-17/h2-6,13H,1H3,(H,20,21).